The summed E-state index contributed by atoms with van der Waals surface area (Å²) in [5.74, 6) is -0.0346. The summed E-state index contributed by atoms with van der Waals surface area (Å²) in [4.78, 5) is 48.9. The third-order valence-electron chi connectivity index (χ3n) is 8.15. The lowest BCUT2D eigenvalue weighted by molar-refractivity contribution is -0.145. The third-order valence-corrected chi connectivity index (χ3v) is 8.15. The number of hydrogen-bond donors (Lipinski definition) is 3. The van der Waals surface area contributed by atoms with Crippen LogP contribution in [0.3, 0.4) is 0 Å². The number of nitrogens with two attached hydrogens (primary N) is 1. The van der Waals surface area contributed by atoms with E-state index in [9.17, 15) is 14.4 Å². The largest absolute Gasteiger partial charge is 0.493 e. The van der Waals surface area contributed by atoms with Crippen LogP contribution >= 0.6 is 0 Å². The number of likely N-dealkylation sites (tertiary alicyclic amines) is 1. The molecule has 0 unspecified atom stereocenters. The van der Waals surface area contributed by atoms with E-state index in [0.717, 1.165) is 50.5 Å². The van der Waals surface area contributed by atoms with Crippen molar-refractivity contribution in [2.75, 3.05) is 27.9 Å². The average molecular weight is 556 g/mol. The Morgan fingerprint density at radius 1 is 1.02 bits per heavy atom. The second kappa shape index (κ2) is 13.5. The Bertz CT molecular complexity index is 1140. The zero-order valence-electron chi connectivity index (χ0n) is 23.6. The zero-order valence-corrected chi connectivity index (χ0v) is 23.6. The van der Waals surface area contributed by atoms with Crippen molar-refractivity contribution >= 4 is 17.7 Å². The van der Waals surface area contributed by atoms with Crippen LogP contribution in [-0.2, 0) is 20.8 Å². The molecule has 3 amide bonds. The first-order valence-corrected chi connectivity index (χ1v) is 14.1. The van der Waals surface area contributed by atoms with Gasteiger partial charge in [0.15, 0.2) is 11.5 Å². The molecular formula is C29H41N5O6. The summed E-state index contributed by atoms with van der Waals surface area (Å²) < 4.78 is 16.7. The molecule has 1 aromatic heterocycles. The Morgan fingerprint density at radius 2 is 1.70 bits per heavy atom. The fourth-order valence-electron chi connectivity index (χ4n) is 6.11. The van der Waals surface area contributed by atoms with Crippen molar-refractivity contribution in [2.45, 2.75) is 75.8 Å². The van der Waals surface area contributed by atoms with Gasteiger partial charge in [0.1, 0.15) is 12.1 Å². The number of primary amides is 1. The minimum atomic E-state index is -0.932. The van der Waals surface area contributed by atoms with Crippen molar-refractivity contribution in [1.29, 1.82) is 0 Å². The molecule has 218 valence electrons. The molecule has 1 aliphatic heterocycles. The van der Waals surface area contributed by atoms with Crippen molar-refractivity contribution in [1.82, 2.24) is 20.2 Å². The van der Waals surface area contributed by atoms with Crippen LogP contribution in [0.5, 0.6) is 17.2 Å². The maximum atomic E-state index is 14.5. The van der Waals surface area contributed by atoms with E-state index < -0.39 is 23.9 Å². The molecule has 3 atom stereocenters. The summed E-state index contributed by atoms with van der Waals surface area (Å²) >= 11 is 0. The van der Waals surface area contributed by atoms with Gasteiger partial charge in [0, 0.05) is 19.2 Å². The van der Waals surface area contributed by atoms with E-state index in [-0.39, 0.29) is 24.2 Å². The standard InChI is InChI=1S/C29H41N5O6/c1-38-23-13-19(14-24(39-2)26(23)40-3)25(18-9-5-4-6-10-18)29(37)34-12-8-7-11-22(34)28(36)33-21(27(30)35)15-20-16-31-17-32-20/h13-14,16-18,21-22,25H,4-12,15H2,1-3H3,(H2,30,35)(H,31,32)(H,33,36)/t21-,22-,25-/m0/s1. The number of rotatable bonds is 11. The Kier molecular flexibility index (Phi) is 9.89. The molecule has 11 heteroatoms. The van der Waals surface area contributed by atoms with Gasteiger partial charge in [-0.15, -0.1) is 0 Å². The van der Waals surface area contributed by atoms with Crippen LogP contribution in [0, 0.1) is 5.92 Å². The van der Waals surface area contributed by atoms with Gasteiger partial charge >= 0.3 is 0 Å². The van der Waals surface area contributed by atoms with Crippen LogP contribution in [0.15, 0.2) is 24.7 Å². The van der Waals surface area contributed by atoms with Crippen LogP contribution in [0.25, 0.3) is 0 Å². The second-order valence-corrected chi connectivity index (χ2v) is 10.6. The van der Waals surface area contributed by atoms with Crippen molar-refractivity contribution in [2.24, 2.45) is 11.7 Å². The lowest BCUT2D eigenvalue weighted by atomic mass is 9.75. The van der Waals surface area contributed by atoms with Crippen molar-refractivity contribution in [3.63, 3.8) is 0 Å². The highest BCUT2D eigenvalue weighted by Gasteiger charge is 2.41. The number of nitrogens with one attached hydrogen (secondary N) is 2. The number of benzene rings is 1. The van der Waals surface area contributed by atoms with E-state index in [0.29, 0.717) is 35.9 Å². The maximum absolute atomic E-state index is 14.5. The van der Waals surface area contributed by atoms with Gasteiger partial charge in [0.25, 0.3) is 0 Å². The van der Waals surface area contributed by atoms with E-state index in [2.05, 4.69) is 15.3 Å². The summed E-state index contributed by atoms with van der Waals surface area (Å²) in [5.41, 5.74) is 7.01. The van der Waals surface area contributed by atoms with Gasteiger partial charge < -0.3 is 35.1 Å². The molecule has 0 radical (unpaired) electrons. The molecule has 1 aliphatic carbocycles. The molecule has 11 nitrogen and oxygen atoms in total. The summed E-state index contributed by atoms with van der Waals surface area (Å²) in [6.07, 6.45) is 10.5. The maximum Gasteiger partial charge on any atom is 0.243 e. The molecule has 2 fully saturated rings. The van der Waals surface area contributed by atoms with Crippen molar-refractivity contribution in [3.8, 4) is 17.2 Å². The highest BCUT2D eigenvalue weighted by Crippen LogP contribution is 2.45. The topological polar surface area (TPSA) is 149 Å². The third kappa shape index (κ3) is 6.51. The molecule has 4 rings (SSSR count). The smallest absolute Gasteiger partial charge is 0.243 e. The molecule has 4 N–H and O–H groups in total. The van der Waals surface area contributed by atoms with Crippen LogP contribution in [0.1, 0.15) is 68.5 Å². The first kappa shape index (κ1) is 29.2. The lowest BCUT2D eigenvalue weighted by Crippen LogP contribution is -2.57. The molecule has 2 aliphatic rings. The van der Waals surface area contributed by atoms with Crippen LogP contribution in [0.4, 0.5) is 0 Å². The predicted molar refractivity (Wildman–Crippen MR) is 148 cm³/mol. The van der Waals surface area contributed by atoms with Crippen molar-refractivity contribution in [3.05, 3.63) is 35.9 Å². The number of ether oxygens (including phenoxy) is 3. The SMILES string of the molecule is COc1cc([C@@H](C(=O)N2CCCC[C@H]2C(=O)N[C@@H](Cc2c[nH]cn2)C(N)=O)C2CCCCC2)cc(OC)c1OC. The summed E-state index contributed by atoms with van der Waals surface area (Å²) in [6, 6.07) is 2.07. The van der Waals surface area contributed by atoms with Gasteiger partial charge in [-0.25, -0.2) is 4.98 Å². The Hall–Kier alpha value is -3.76. The minimum Gasteiger partial charge on any atom is -0.493 e. The number of hydrogen-bond acceptors (Lipinski definition) is 7. The Balaban J connectivity index is 1.64. The number of H-pyrrole nitrogens is 1. The number of carbonyl (C=O) groups is 3. The molecule has 2 heterocycles. The number of carbonyl (C=O) groups excluding carboxylic acids is 3. The molecular weight excluding hydrogens is 514 g/mol. The van der Waals surface area contributed by atoms with E-state index in [4.69, 9.17) is 19.9 Å². The quantitative estimate of drug-likeness (QED) is 0.386. The number of methoxy groups -OCH3 is 3. The zero-order chi connectivity index (χ0) is 28.6. The fraction of sp³-hybridized carbons (Fsp3) is 0.586. The fourth-order valence-corrected chi connectivity index (χ4v) is 6.11. The normalized spacial score (nSPS) is 19.4. The summed E-state index contributed by atoms with van der Waals surface area (Å²) in [7, 11) is 4.66. The number of amides is 3. The lowest BCUT2D eigenvalue weighted by Gasteiger charge is -2.40. The molecule has 0 bridgehead atoms. The first-order valence-electron chi connectivity index (χ1n) is 14.1. The molecule has 0 spiro atoms. The van der Waals surface area contributed by atoms with E-state index in [1.54, 1.807) is 32.4 Å². The Labute approximate surface area is 235 Å². The number of piperidine rings is 1. The molecule has 1 saturated heterocycles. The van der Waals surface area contributed by atoms with Gasteiger partial charge in [-0.3, -0.25) is 14.4 Å². The van der Waals surface area contributed by atoms with Crippen LogP contribution in [0.2, 0.25) is 0 Å². The molecule has 40 heavy (non-hydrogen) atoms. The van der Waals surface area contributed by atoms with Crippen LogP contribution in [-0.4, -0.2) is 72.5 Å². The van der Waals surface area contributed by atoms with Gasteiger partial charge in [-0.2, -0.15) is 0 Å². The molecule has 1 saturated carbocycles. The Morgan fingerprint density at radius 3 is 2.27 bits per heavy atom. The van der Waals surface area contributed by atoms with E-state index in [1.165, 1.54) is 6.33 Å². The van der Waals surface area contributed by atoms with E-state index >= 15 is 0 Å². The number of aromatic nitrogens is 2. The summed E-state index contributed by atoms with van der Waals surface area (Å²) in [6.45, 7) is 0.463. The van der Waals surface area contributed by atoms with Gasteiger partial charge in [0.2, 0.25) is 23.5 Å². The highest BCUT2D eigenvalue weighted by molar-refractivity contribution is 5.93. The number of nitrogens with zero attached hydrogens (tertiary/aromatic N) is 2. The van der Waals surface area contributed by atoms with Crippen LogP contribution < -0.4 is 25.3 Å². The molecule has 2 aromatic rings. The van der Waals surface area contributed by atoms with E-state index in [1.807, 2.05) is 12.1 Å². The number of aromatic amines is 1. The summed E-state index contributed by atoms with van der Waals surface area (Å²) in [5, 5.41) is 2.80. The molecule has 1 aromatic carbocycles. The minimum absolute atomic E-state index is 0.0936. The second-order valence-electron chi connectivity index (χ2n) is 10.6. The number of imidazole rings is 1. The van der Waals surface area contributed by atoms with Gasteiger partial charge in [-0.05, 0) is 55.7 Å². The average Bonchev–Trinajstić information content (AvgIpc) is 3.50. The van der Waals surface area contributed by atoms with Gasteiger partial charge in [0.05, 0.1) is 39.3 Å². The van der Waals surface area contributed by atoms with Gasteiger partial charge in [-0.1, -0.05) is 19.3 Å². The first-order chi connectivity index (χ1) is 19.4. The predicted octanol–water partition coefficient (Wildman–Crippen LogP) is 2.69. The highest BCUT2D eigenvalue weighted by atomic mass is 16.5. The monoisotopic (exact) mass is 555 g/mol. The van der Waals surface area contributed by atoms with Crippen molar-refractivity contribution < 1.29 is 28.6 Å².